The summed E-state index contributed by atoms with van der Waals surface area (Å²) in [5.74, 6) is 1.09. The van der Waals surface area contributed by atoms with Gasteiger partial charge in [-0.15, -0.1) is 11.3 Å². The zero-order chi connectivity index (χ0) is 14.5. The van der Waals surface area contributed by atoms with Crippen molar-refractivity contribution in [3.8, 4) is 0 Å². The molecule has 5 heteroatoms. The molecule has 21 heavy (non-hydrogen) atoms. The first-order valence-electron chi connectivity index (χ1n) is 7.13. The molecular formula is C16H19N3OS. The molecule has 4 nitrogen and oxygen atoms in total. The van der Waals surface area contributed by atoms with Crippen molar-refractivity contribution in [2.24, 2.45) is 5.73 Å². The zero-order valence-corrected chi connectivity index (χ0v) is 12.7. The normalized spacial score (nSPS) is 11.3. The average molecular weight is 301 g/mol. The maximum Gasteiger partial charge on any atom is 0.115 e. The molecule has 0 radical (unpaired) electrons. The Kier molecular flexibility index (Phi) is 4.65. The van der Waals surface area contributed by atoms with E-state index in [2.05, 4.69) is 40.3 Å². The molecule has 0 saturated heterocycles. The van der Waals surface area contributed by atoms with Gasteiger partial charge in [0.1, 0.15) is 5.82 Å². The summed E-state index contributed by atoms with van der Waals surface area (Å²) in [4.78, 5) is 6.10. The number of ether oxygens (including phenoxy) is 1. The van der Waals surface area contributed by atoms with Crippen LogP contribution in [0, 0.1) is 0 Å². The van der Waals surface area contributed by atoms with Crippen LogP contribution in [0.2, 0.25) is 0 Å². The van der Waals surface area contributed by atoms with Crippen LogP contribution in [0.15, 0.2) is 41.8 Å². The van der Waals surface area contributed by atoms with Gasteiger partial charge in [0.05, 0.1) is 24.2 Å². The van der Waals surface area contributed by atoms with Crippen LogP contribution in [0.1, 0.15) is 10.7 Å². The van der Waals surface area contributed by atoms with Gasteiger partial charge < -0.3 is 15.0 Å². The van der Waals surface area contributed by atoms with Crippen LogP contribution in [0.5, 0.6) is 0 Å². The van der Waals surface area contributed by atoms with Crippen molar-refractivity contribution in [3.05, 3.63) is 52.5 Å². The molecular weight excluding hydrogens is 282 g/mol. The van der Waals surface area contributed by atoms with Crippen molar-refractivity contribution in [1.82, 2.24) is 9.55 Å². The van der Waals surface area contributed by atoms with Crippen molar-refractivity contribution in [1.29, 1.82) is 0 Å². The molecule has 0 amide bonds. The van der Waals surface area contributed by atoms with Crippen LogP contribution in [-0.2, 0) is 17.7 Å². The third-order valence-electron chi connectivity index (χ3n) is 3.37. The average Bonchev–Trinajstić information content (AvgIpc) is 3.12. The highest BCUT2D eigenvalue weighted by Crippen LogP contribution is 2.20. The smallest absolute Gasteiger partial charge is 0.115 e. The highest BCUT2D eigenvalue weighted by atomic mass is 32.1. The van der Waals surface area contributed by atoms with Crippen LogP contribution in [0.25, 0.3) is 11.0 Å². The molecule has 3 rings (SSSR count). The fraction of sp³-hybridized carbons (Fsp3) is 0.312. The van der Waals surface area contributed by atoms with Crippen molar-refractivity contribution >= 4 is 22.4 Å². The number of rotatable bonds is 7. The molecule has 110 valence electrons. The summed E-state index contributed by atoms with van der Waals surface area (Å²) in [6, 6.07) is 12.5. The molecule has 0 bridgehead atoms. The van der Waals surface area contributed by atoms with Crippen LogP contribution < -0.4 is 5.73 Å². The SMILES string of the molecule is NCCOCCn1c(Cc2cccs2)nc2ccccc21. The van der Waals surface area contributed by atoms with Gasteiger partial charge in [-0.3, -0.25) is 0 Å². The number of hydrogen-bond donors (Lipinski definition) is 1. The molecule has 0 unspecified atom stereocenters. The monoisotopic (exact) mass is 301 g/mol. The quantitative estimate of drug-likeness (QED) is 0.683. The summed E-state index contributed by atoms with van der Waals surface area (Å²) < 4.78 is 7.78. The molecule has 0 spiro atoms. The van der Waals surface area contributed by atoms with Crippen molar-refractivity contribution in [2.75, 3.05) is 19.8 Å². The van der Waals surface area contributed by atoms with E-state index in [4.69, 9.17) is 15.5 Å². The predicted molar refractivity (Wildman–Crippen MR) is 86.7 cm³/mol. The van der Waals surface area contributed by atoms with Crippen molar-refractivity contribution < 1.29 is 4.74 Å². The minimum atomic E-state index is 0.562. The molecule has 0 saturated carbocycles. The van der Waals surface area contributed by atoms with Crippen LogP contribution >= 0.6 is 11.3 Å². The highest BCUT2D eigenvalue weighted by molar-refractivity contribution is 7.09. The Labute approximate surface area is 128 Å². The van der Waals surface area contributed by atoms with Gasteiger partial charge in [0, 0.05) is 24.4 Å². The second-order valence-corrected chi connectivity index (χ2v) is 5.86. The summed E-state index contributed by atoms with van der Waals surface area (Å²) in [6.07, 6.45) is 0.864. The Morgan fingerprint density at radius 1 is 1.14 bits per heavy atom. The van der Waals surface area contributed by atoms with Gasteiger partial charge in [-0.25, -0.2) is 4.98 Å². The Morgan fingerprint density at radius 2 is 2.05 bits per heavy atom. The molecule has 2 heterocycles. The van der Waals surface area contributed by atoms with Crippen molar-refractivity contribution in [2.45, 2.75) is 13.0 Å². The number of nitrogens with zero attached hydrogens (tertiary/aromatic N) is 2. The largest absolute Gasteiger partial charge is 0.378 e. The highest BCUT2D eigenvalue weighted by Gasteiger charge is 2.11. The topological polar surface area (TPSA) is 53.1 Å². The van der Waals surface area contributed by atoms with Gasteiger partial charge in [-0.2, -0.15) is 0 Å². The van der Waals surface area contributed by atoms with Gasteiger partial charge in [0.25, 0.3) is 0 Å². The maximum absolute atomic E-state index is 5.52. The van der Waals surface area contributed by atoms with E-state index in [0.29, 0.717) is 19.8 Å². The number of benzene rings is 1. The lowest BCUT2D eigenvalue weighted by Gasteiger charge is -2.09. The summed E-state index contributed by atoms with van der Waals surface area (Å²) in [5, 5.41) is 2.10. The van der Waals surface area contributed by atoms with Crippen LogP contribution in [0.3, 0.4) is 0 Å². The fourth-order valence-corrected chi connectivity index (χ4v) is 3.12. The first-order chi connectivity index (χ1) is 10.4. The van der Waals surface area contributed by atoms with Gasteiger partial charge >= 0.3 is 0 Å². The second kappa shape index (κ2) is 6.85. The second-order valence-electron chi connectivity index (χ2n) is 4.83. The molecule has 2 aromatic heterocycles. The molecule has 3 aromatic rings. The lowest BCUT2D eigenvalue weighted by molar-refractivity contribution is 0.133. The molecule has 0 aliphatic carbocycles. The number of fused-ring (bicyclic) bond motifs is 1. The molecule has 0 aliphatic rings. The summed E-state index contributed by atoms with van der Waals surface area (Å²) in [5.41, 5.74) is 7.67. The third kappa shape index (κ3) is 3.32. The van der Waals surface area contributed by atoms with Gasteiger partial charge in [0.2, 0.25) is 0 Å². The van der Waals surface area contributed by atoms with E-state index in [9.17, 15) is 0 Å². The molecule has 2 N–H and O–H groups in total. The third-order valence-corrected chi connectivity index (χ3v) is 4.24. The van der Waals surface area contributed by atoms with E-state index in [1.807, 2.05) is 6.07 Å². The van der Waals surface area contributed by atoms with E-state index in [1.54, 1.807) is 11.3 Å². The summed E-state index contributed by atoms with van der Waals surface area (Å²) in [6.45, 7) is 2.63. The Hall–Kier alpha value is -1.69. The van der Waals surface area contributed by atoms with Crippen LogP contribution in [-0.4, -0.2) is 29.3 Å². The number of imidazole rings is 1. The molecule has 0 atom stereocenters. The Balaban J connectivity index is 1.86. The Morgan fingerprint density at radius 3 is 2.86 bits per heavy atom. The van der Waals surface area contributed by atoms with Crippen molar-refractivity contribution in [3.63, 3.8) is 0 Å². The standard InChI is InChI=1S/C16H19N3OS/c17-7-9-20-10-8-19-15-6-2-1-5-14(15)18-16(19)12-13-4-3-11-21-13/h1-6,11H,7-10,12,17H2. The maximum atomic E-state index is 5.52. The molecule has 1 aromatic carbocycles. The van der Waals surface area contributed by atoms with E-state index < -0.39 is 0 Å². The van der Waals surface area contributed by atoms with E-state index >= 15 is 0 Å². The van der Waals surface area contributed by atoms with Gasteiger partial charge in [-0.05, 0) is 23.6 Å². The minimum Gasteiger partial charge on any atom is -0.378 e. The fourth-order valence-electron chi connectivity index (χ4n) is 2.42. The molecule has 0 aliphatic heterocycles. The van der Waals surface area contributed by atoms with Gasteiger partial charge in [0.15, 0.2) is 0 Å². The van der Waals surface area contributed by atoms with Gasteiger partial charge in [-0.1, -0.05) is 18.2 Å². The summed E-state index contributed by atoms with van der Waals surface area (Å²) >= 11 is 1.77. The Bertz CT molecular complexity index is 691. The lowest BCUT2D eigenvalue weighted by atomic mass is 10.3. The number of aromatic nitrogens is 2. The number of para-hydroxylation sites is 2. The minimum absolute atomic E-state index is 0.562. The van der Waals surface area contributed by atoms with Crippen LogP contribution in [0.4, 0.5) is 0 Å². The number of nitrogens with two attached hydrogens (primary N) is 1. The predicted octanol–water partition coefficient (Wildman–Crippen LogP) is 2.66. The zero-order valence-electron chi connectivity index (χ0n) is 11.9. The molecule has 0 fully saturated rings. The first kappa shape index (κ1) is 14.3. The number of thiophene rings is 1. The first-order valence-corrected chi connectivity index (χ1v) is 8.01. The van der Waals surface area contributed by atoms with E-state index in [1.165, 1.54) is 10.4 Å². The lowest BCUT2D eigenvalue weighted by Crippen LogP contribution is -2.14. The number of hydrogen-bond acceptors (Lipinski definition) is 4. The van der Waals surface area contributed by atoms with E-state index in [0.717, 1.165) is 24.3 Å². The summed E-state index contributed by atoms with van der Waals surface area (Å²) in [7, 11) is 0. The van der Waals surface area contributed by atoms with E-state index in [-0.39, 0.29) is 0 Å².